The van der Waals surface area contributed by atoms with Gasteiger partial charge in [0, 0.05) is 35.7 Å². The molecule has 1 N–H and O–H groups in total. The number of nitrogens with zero attached hydrogens (tertiary/aromatic N) is 4. The molecule has 0 bridgehead atoms. The van der Waals surface area contributed by atoms with E-state index in [9.17, 15) is 19.2 Å². The summed E-state index contributed by atoms with van der Waals surface area (Å²) in [4.78, 5) is 52.8. The molecular formula is C25H23N5O4. The van der Waals surface area contributed by atoms with Gasteiger partial charge >= 0.3 is 11.4 Å². The van der Waals surface area contributed by atoms with Crippen molar-refractivity contribution in [2.45, 2.75) is 26.9 Å². The van der Waals surface area contributed by atoms with E-state index in [0.29, 0.717) is 23.2 Å². The van der Waals surface area contributed by atoms with Crippen molar-refractivity contribution >= 4 is 17.9 Å². The van der Waals surface area contributed by atoms with E-state index >= 15 is 0 Å². The van der Waals surface area contributed by atoms with Crippen molar-refractivity contribution in [1.82, 2.24) is 18.7 Å². The first kappa shape index (κ1) is 22.7. The third-order valence-electron chi connectivity index (χ3n) is 5.40. The molecule has 172 valence electrons. The summed E-state index contributed by atoms with van der Waals surface area (Å²) < 4.78 is 3.86. The van der Waals surface area contributed by atoms with Crippen molar-refractivity contribution in [1.29, 1.82) is 0 Å². The molecule has 2 aromatic carbocycles. The minimum absolute atomic E-state index is 0.119. The van der Waals surface area contributed by atoms with Crippen LogP contribution < -0.4 is 22.3 Å². The van der Waals surface area contributed by atoms with E-state index in [-0.39, 0.29) is 24.6 Å². The molecule has 2 heterocycles. The number of nitrogens with one attached hydrogen (secondary N) is 1. The van der Waals surface area contributed by atoms with Crippen LogP contribution in [0.2, 0.25) is 0 Å². The van der Waals surface area contributed by atoms with Crippen LogP contribution in [0.5, 0.6) is 0 Å². The molecule has 0 aliphatic rings. The molecule has 0 aliphatic heterocycles. The predicted molar refractivity (Wildman–Crippen MR) is 129 cm³/mol. The van der Waals surface area contributed by atoms with E-state index in [4.69, 9.17) is 0 Å². The topological polar surface area (TPSA) is 108 Å². The van der Waals surface area contributed by atoms with Gasteiger partial charge in [-0.25, -0.2) is 14.2 Å². The second-order valence-electron chi connectivity index (χ2n) is 7.78. The minimum Gasteiger partial charge on any atom is -0.325 e. The Hall–Kier alpha value is -4.53. The molecule has 0 amide bonds. The van der Waals surface area contributed by atoms with Crippen molar-refractivity contribution in [3.05, 3.63) is 115 Å². The summed E-state index contributed by atoms with van der Waals surface area (Å²) in [6.45, 7) is 4.14. The van der Waals surface area contributed by atoms with Crippen LogP contribution in [0, 0.1) is 6.92 Å². The fraction of sp³-hybridized carbons (Fsp3) is 0.160. The lowest BCUT2D eigenvalue weighted by Gasteiger charge is -2.15. The van der Waals surface area contributed by atoms with Crippen LogP contribution >= 0.6 is 0 Å². The van der Waals surface area contributed by atoms with Gasteiger partial charge in [0.2, 0.25) is 5.95 Å². The number of aldehydes is 1. The summed E-state index contributed by atoms with van der Waals surface area (Å²) in [7, 11) is 0. The number of carbonyl (C=O) groups is 1. The molecule has 9 heteroatoms. The molecule has 0 fully saturated rings. The number of anilines is 2. The predicted octanol–water partition coefficient (Wildman–Crippen LogP) is 2.49. The van der Waals surface area contributed by atoms with Gasteiger partial charge < -0.3 is 5.32 Å². The smallest absolute Gasteiger partial charge is 0.325 e. The van der Waals surface area contributed by atoms with Crippen LogP contribution in [-0.4, -0.2) is 25.0 Å². The highest BCUT2D eigenvalue weighted by atomic mass is 16.2. The second-order valence-corrected chi connectivity index (χ2v) is 7.78. The number of hydrogen-bond donors (Lipinski definition) is 1. The molecule has 2 aromatic heterocycles. The molecule has 0 saturated heterocycles. The maximum atomic E-state index is 13.0. The summed E-state index contributed by atoms with van der Waals surface area (Å²) in [5.41, 5.74) is 2.13. The summed E-state index contributed by atoms with van der Waals surface area (Å²) >= 11 is 0. The Labute approximate surface area is 194 Å². The second kappa shape index (κ2) is 9.53. The quantitative estimate of drug-likeness (QED) is 0.427. The Bertz CT molecular complexity index is 1510. The van der Waals surface area contributed by atoms with Crippen molar-refractivity contribution in [2.75, 3.05) is 5.32 Å². The lowest BCUT2D eigenvalue weighted by atomic mass is 10.1. The number of carbonyl (C=O) groups excluding carboxylic acids is 1. The van der Waals surface area contributed by atoms with Gasteiger partial charge in [-0.05, 0) is 49.7 Å². The minimum atomic E-state index is -0.635. The zero-order valence-corrected chi connectivity index (χ0v) is 18.8. The maximum absolute atomic E-state index is 13.0. The van der Waals surface area contributed by atoms with Crippen molar-refractivity contribution < 1.29 is 4.79 Å². The van der Waals surface area contributed by atoms with Gasteiger partial charge in [0.25, 0.3) is 5.56 Å². The Morgan fingerprint density at radius 2 is 1.62 bits per heavy atom. The van der Waals surface area contributed by atoms with Gasteiger partial charge in [0.1, 0.15) is 0 Å². The van der Waals surface area contributed by atoms with E-state index in [1.54, 1.807) is 31.2 Å². The molecule has 34 heavy (non-hydrogen) atoms. The third kappa shape index (κ3) is 4.63. The normalized spacial score (nSPS) is 10.8. The van der Waals surface area contributed by atoms with E-state index < -0.39 is 11.4 Å². The van der Waals surface area contributed by atoms with E-state index in [1.807, 2.05) is 31.2 Å². The van der Waals surface area contributed by atoms with Gasteiger partial charge in [-0.15, -0.1) is 0 Å². The SMILES string of the molecule is CCn1c(=O)nc(Nc2ccc(-n3cc(C=O)ccc3=O)cc2)n(Cc2ccc(C)cc2)c1=O. The van der Waals surface area contributed by atoms with Crippen LogP contribution in [-0.2, 0) is 13.1 Å². The van der Waals surface area contributed by atoms with E-state index in [0.717, 1.165) is 15.7 Å². The van der Waals surface area contributed by atoms with Crippen LogP contribution in [0.4, 0.5) is 11.6 Å². The summed E-state index contributed by atoms with van der Waals surface area (Å²) in [5, 5.41) is 3.05. The number of aromatic nitrogens is 4. The third-order valence-corrected chi connectivity index (χ3v) is 5.40. The Balaban J connectivity index is 1.70. The highest BCUT2D eigenvalue weighted by Gasteiger charge is 2.13. The Morgan fingerprint density at radius 3 is 2.26 bits per heavy atom. The van der Waals surface area contributed by atoms with Crippen LogP contribution in [0.1, 0.15) is 28.4 Å². The van der Waals surface area contributed by atoms with E-state index in [1.165, 1.54) is 27.5 Å². The summed E-state index contributed by atoms with van der Waals surface area (Å²) in [6, 6.07) is 17.3. The first-order chi connectivity index (χ1) is 16.4. The monoisotopic (exact) mass is 457 g/mol. The molecule has 0 aliphatic carbocycles. The van der Waals surface area contributed by atoms with Crippen LogP contribution in [0.15, 0.2) is 81.2 Å². The fourth-order valence-corrected chi connectivity index (χ4v) is 3.52. The van der Waals surface area contributed by atoms with Gasteiger partial charge in [-0.1, -0.05) is 29.8 Å². The van der Waals surface area contributed by atoms with Crippen LogP contribution in [0.25, 0.3) is 5.69 Å². The molecular weight excluding hydrogens is 434 g/mol. The molecule has 0 radical (unpaired) electrons. The van der Waals surface area contributed by atoms with Gasteiger partial charge in [0.15, 0.2) is 6.29 Å². The van der Waals surface area contributed by atoms with Crippen molar-refractivity contribution in [3.63, 3.8) is 0 Å². The zero-order chi connectivity index (χ0) is 24.2. The molecule has 0 atom stereocenters. The number of benzene rings is 2. The molecule has 9 nitrogen and oxygen atoms in total. The summed E-state index contributed by atoms with van der Waals surface area (Å²) in [5.74, 6) is 0.119. The molecule has 0 saturated carbocycles. The number of hydrogen-bond acceptors (Lipinski definition) is 6. The maximum Gasteiger partial charge on any atom is 0.354 e. The Morgan fingerprint density at radius 1 is 0.912 bits per heavy atom. The molecule has 0 spiro atoms. The number of pyridine rings is 1. The van der Waals surface area contributed by atoms with Gasteiger partial charge in [-0.2, -0.15) is 4.98 Å². The average molecular weight is 457 g/mol. The van der Waals surface area contributed by atoms with Crippen molar-refractivity contribution in [3.8, 4) is 5.69 Å². The number of aryl methyl sites for hydroxylation is 1. The molecule has 0 unspecified atom stereocenters. The lowest BCUT2D eigenvalue weighted by Crippen LogP contribution is -2.42. The zero-order valence-electron chi connectivity index (χ0n) is 18.8. The van der Waals surface area contributed by atoms with Crippen LogP contribution in [0.3, 0.4) is 0 Å². The lowest BCUT2D eigenvalue weighted by molar-refractivity contribution is 0.112. The van der Waals surface area contributed by atoms with Gasteiger partial charge in [0.05, 0.1) is 6.54 Å². The number of rotatable bonds is 7. The first-order valence-corrected chi connectivity index (χ1v) is 10.7. The summed E-state index contributed by atoms with van der Waals surface area (Å²) in [6.07, 6.45) is 2.13. The Kier molecular flexibility index (Phi) is 6.35. The first-order valence-electron chi connectivity index (χ1n) is 10.7. The standard InChI is InChI=1S/C25H23N5O4/c1-3-28-24(33)27-23(30(25(28)34)14-18-6-4-17(2)5-7-18)26-20-9-11-21(12-10-20)29-15-19(16-31)8-13-22(29)32/h4-13,15-16H,3,14H2,1-2H3,(H,26,27,33). The average Bonchev–Trinajstić information content (AvgIpc) is 2.84. The molecule has 4 aromatic rings. The fourth-order valence-electron chi connectivity index (χ4n) is 3.52. The highest BCUT2D eigenvalue weighted by Crippen LogP contribution is 2.17. The molecule has 4 rings (SSSR count). The highest BCUT2D eigenvalue weighted by molar-refractivity contribution is 5.74. The van der Waals surface area contributed by atoms with Crippen molar-refractivity contribution in [2.24, 2.45) is 0 Å². The van der Waals surface area contributed by atoms with E-state index in [2.05, 4.69) is 10.3 Å². The van der Waals surface area contributed by atoms with Gasteiger partial charge in [-0.3, -0.25) is 18.7 Å². The largest absolute Gasteiger partial charge is 0.354 e.